The van der Waals surface area contributed by atoms with Gasteiger partial charge in [-0.2, -0.15) is 8.78 Å². The maximum Gasteiger partial charge on any atom is 0.387 e. The number of hydrogen-bond acceptors (Lipinski definition) is 4. The van der Waals surface area contributed by atoms with E-state index in [0.29, 0.717) is 11.1 Å². The molecule has 1 atom stereocenters. The lowest BCUT2D eigenvalue weighted by Gasteiger charge is -2.26. The van der Waals surface area contributed by atoms with Crippen LogP contribution >= 0.6 is 0 Å². The van der Waals surface area contributed by atoms with Crippen molar-refractivity contribution in [3.05, 3.63) is 71.0 Å². The Morgan fingerprint density at radius 1 is 1.18 bits per heavy atom. The summed E-state index contributed by atoms with van der Waals surface area (Å²) in [4.78, 5) is 18.7. The average Bonchev–Trinajstić information content (AvgIpc) is 2.89. The normalized spacial score (nSPS) is 19.6. The number of amides is 1. The van der Waals surface area contributed by atoms with Crippen molar-refractivity contribution >= 4 is 17.9 Å². The van der Waals surface area contributed by atoms with E-state index in [-0.39, 0.29) is 17.3 Å². The highest BCUT2D eigenvalue weighted by molar-refractivity contribution is 6.09. The first kappa shape index (κ1) is 19.5. The molecule has 0 aromatic heterocycles. The summed E-state index contributed by atoms with van der Waals surface area (Å²) < 4.78 is 43.3. The van der Waals surface area contributed by atoms with Crippen LogP contribution < -0.4 is 10.5 Å². The minimum atomic E-state index is -2.96. The lowest BCUT2D eigenvalue weighted by atomic mass is 9.82. The number of hydrogen-bond donors (Lipinski definition) is 1. The molecule has 0 spiro atoms. The van der Waals surface area contributed by atoms with Gasteiger partial charge >= 0.3 is 6.61 Å². The molecule has 2 N–H and O–H groups in total. The third-order valence-corrected chi connectivity index (χ3v) is 4.50. The average molecular weight is 389 g/mol. The van der Waals surface area contributed by atoms with Crippen LogP contribution in [0, 0.1) is 5.82 Å². The number of carbonyl (C=O) groups excluding carboxylic acids is 1. The van der Waals surface area contributed by atoms with Gasteiger partial charge in [0.15, 0.2) is 11.5 Å². The fourth-order valence-corrected chi connectivity index (χ4v) is 3.14. The zero-order valence-corrected chi connectivity index (χ0v) is 15.2. The van der Waals surface area contributed by atoms with Crippen LogP contribution in [0.25, 0.3) is 6.08 Å². The van der Waals surface area contributed by atoms with Crippen molar-refractivity contribution in [3.8, 4) is 5.75 Å². The standard InChI is InChI=1S/C20H18F3N3O2/c1-3-4-12-11-14(7-10-16(12)21)20(17(27)26(2)19(24)25-20)13-5-8-15(9-6-13)28-18(22)23/h3-11,18H,1-2H3,(H2,24,25). The summed E-state index contributed by atoms with van der Waals surface area (Å²) in [7, 11) is 1.48. The molecule has 1 aliphatic heterocycles. The fourth-order valence-electron chi connectivity index (χ4n) is 3.14. The van der Waals surface area contributed by atoms with E-state index >= 15 is 0 Å². The largest absolute Gasteiger partial charge is 0.435 e. The Morgan fingerprint density at radius 2 is 1.82 bits per heavy atom. The van der Waals surface area contributed by atoms with Crippen molar-refractivity contribution in [1.82, 2.24) is 4.90 Å². The summed E-state index contributed by atoms with van der Waals surface area (Å²) >= 11 is 0. The van der Waals surface area contributed by atoms with Gasteiger partial charge in [0.25, 0.3) is 5.91 Å². The topological polar surface area (TPSA) is 67.9 Å². The molecular weight excluding hydrogens is 371 g/mol. The number of nitrogens with zero attached hydrogens (tertiary/aromatic N) is 2. The zero-order chi connectivity index (χ0) is 20.5. The molecule has 5 nitrogen and oxygen atoms in total. The summed E-state index contributed by atoms with van der Waals surface area (Å²) in [5.74, 6) is -0.952. The van der Waals surface area contributed by atoms with E-state index in [0.717, 1.165) is 0 Å². The van der Waals surface area contributed by atoms with Crippen molar-refractivity contribution in [2.75, 3.05) is 7.05 Å². The molecule has 28 heavy (non-hydrogen) atoms. The van der Waals surface area contributed by atoms with Crippen LogP contribution in [-0.2, 0) is 10.3 Å². The quantitative estimate of drug-likeness (QED) is 0.851. The molecule has 1 heterocycles. The van der Waals surface area contributed by atoms with Crippen LogP contribution in [0.4, 0.5) is 13.2 Å². The second kappa shape index (κ2) is 7.38. The number of halogens is 3. The summed E-state index contributed by atoms with van der Waals surface area (Å²) in [6, 6.07) is 9.78. The van der Waals surface area contributed by atoms with E-state index < -0.39 is 23.9 Å². The maximum absolute atomic E-state index is 14.1. The first-order chi connectivity index (χ1) is 13.3. The number of allylic oxidation sites excluding steroid dienone is 1. The highest BCUT2D eigenvalue weighted by Gasteiger charge is 2.49. The van der Waals surface area contributed by atoms with Crippen molar-refractivity contribution in [1.29, 1.82) is 0 Å². The third-order valence-electron chi connectivity index (χ3n) is 4.50. The van der Waals surface area contributed by atoms with Gasteiger partial charge in [-0.05, 0) is 42.3 Å². The van der Waals surface area contributed by atoms with Crippen LogP contribution in [0.1, 0.15) is 23.6 Å². The number of benzene rings is 2. The molecule has 146 valence electrons. The molecule has 1 unspecified atom stereocenters. The smallest absolute Gasteiger partial charge is 0.387 e. The van der Waals surface area contributed by atoms with Crippen molar-refractivity contribution in [3.63, 3.8) is 0 Å². The third kappa shape index (κ3) is 3.21. The monoisotopic (exact) mass is 389 g/mol. The van der Waals surface area contributed by atoms with Crippen LogP contribution in [0.15, 0.2) is 53.5 Å². The van der Waals surface area contributed by atoms with E-state index in [9.17, 15) is 18.0 Å². The molecule has 3 rings (SSSR count). The number of nitrogens with two attached hydrogens (primary N) is 1. The van der Waals surface area contributed by atoms with Crippen LogP contribution in [-0.4, -0.2) is 30.4 Å². The predicted molar refractivity (Wildman–Crippen MR) is 99.4 cm³/mol. The van der Waals surface area contributed by atoms with E-state index in [1.54, 1.807) is 19.1 Å². The molecule has 0 fully saturated rings. The molecule has 8 heteroatoms. The highest BCUT2D eigenvalue weighted by Crippen LogP contribution is 2.40. The van der Waals surface area contributed by atoms with E-state index in [1.807, 2.05) is 0 Å². The maximum atomic E-state index is 14.1. The molecule has 0 saturated heterocycles. The van der Waals surface area contributed by atoms with Crippen LogP contribution in [0.5, 0.6) is 5.75 Å². The summed E-state index contributed by atoms with van der Waals surface area (Å²) in [5, 5.41) is 0. The minimum absolute atomic E-state index is 0.00480. The van der Waals surface area contributed by atoms with Crippen molar-refractivity contribution < 1.29 is 22.7 Å². The first-order valence-corrected chi connectivity index (χ1v) is 8.41. The molecule has 0 aliphatic carbocycles. The molecular formula is C20H18F3N3O2. The van der Waals surface area contributed by atoms with E-state index in [2.05, 4.69) is 9.73 Å². The molecule has 2 aromatic rings. The predicted octanol–water partition coefficient (Wildman–Crippen LogP) is 3.49. The van der Waals surface area contributed by atoms with Gasteiger partial charge in [0.05, 0.1) is 0 Å². The molecule has 2 aromatic carbocycles. The Morgan fingerprint density at radius 3 is 2.36 bits per heavy atom. The minimum Gasteiger partial charge on any atom is -0.435 e. The zero-order valence-electron chi connectivity index (χ0n) is 15.2. The number of carbonyl (C=O) groups is 1. The first-order valence-electron chi connectivity index (χ1n) is 8.41. The van der Waals surface area contributed by atoms with Crippen LogP contribution in [0.2, 0.25) is 0 Å². The molecule has 0 bridgehead atoms. The number of ether oxygens (including phenoxy) is 1. The number of guanidine groups is 1. The number of rotatable bonds is 5. The Labute approximate surface area is 159 Å². The Balaban J connectivity index is 2.19. The lowest BCUT2D eigenvalue weighted by Crippen LogP contribution is -2.41. The Bertz CT molecular complexity index is 958. The van der Waals surface area contributed by atoms with Gasteiger partial charge in [-0.3, -0.25) is 9.69 Å². The summed E-state index contributed by atoms with van der Waals surface area (Å²) in [6.45, 7) is -1.22. The highest BCUT2D eigenvalue weighted by atomic mass is 19.3. The SMILES string of the molecule is CC=Cc1cc(C2(c3ccc(OC(F)F)cc3)N=C(N)N(C)C2=O)ccc1F. The van der Waals surface area contributed by atoms with Gasteiger partial charge in [0.2, 0.25) is 0 Å². The Kier molecular flexibility index (Phi) is 5.13. The molecule has 0 saturated carbocycles. The molecule has 0 radical (unpaired) electrons. The number of aliphatic imine (C=N–C) groups is 1. The van der Waals surface area contributed by atoms with Crippen LogP contribution in [0.3, 0.4) is 0 Å². The van der Waals surface area contributed by atoms with Crippen molar-refractivity contribution in [2.24, 2.45) is 10.7 Å². The Hall–Kier alpha value is -3.29. The van der Waals surface area contributed by atoms with Gasteiger partial charge in [-0.1, -0.05) is 30.4 Å². The lowest BCUT2D eigenvalue weighted by molar-refractivity contribution is -0.129. The fraction of sp³-hybridized carbons (Fsp3) is 0.200. The second-order valence-electron chi connectivity index (χ2n) is 6.18. The number of alkyl halides is 2. The summed E-state index contributed by atoms with van der Waals surface area (Å²) in [5.41, 5.74) is 5.42. The van der Waals surface area contributed by atoms with E-state index in [1.165, 1.54) is 54.4 Å². The second-order valence-corrected chi connectivity index (χ2v) is 6.18. The van der Waals surface area contributed by atoms with Gasteiger partial charge < -0.3 is 10.5 Å². The summed E-state index contributed by atoms with van der Waals surface area (Å²) in [6.07, 6.45) is 3.24. The molecule has 1 aliphatic rings. The molecule has 1 amide bonds. The van der Waals surface area contributed by atoms with Gasteiger partial charge in [-0.15, -0.1) is 0 Å². The van der Waals surface area contributed by atoms with Gasteiger partial charge in [-0.25, -0.2) is 9.38 Å². The number of likely N-dealkylation sites (N-methyl/N-ethyl adjacent to an activating group) is 1. The van der Waals surface area contributed by atoms with Gasteiger partial charge in [0.1, 0.15) is 11.6 Å². The van der Waals surface area contributed by atoms with Crippen molar-refractivity contribution in [2.45, 2.75) is 19.1 Å². The van der Waals surface area contributed by atoms with E-state index in [4.69, 9.17) is 5.73 Å². The van der Waals surface area contributed by atoms with Gasteiger partial charge in [0, 0.05) is 12.6 Å².